The van der Waals surface area contributed by atoms with E-state index < -0.39 is 0 Å². The lowest BCUT2D eigenvalue weighted by Gasteiger charge is -2.14. The molecule has 0 bridgehead atoms. The summed E-state index contributed by atoms with van der Waals surface area (Å²) in [4.78, 5) is 14.9. The minimum atomic E-state index is -0.0674. The van der Waals surface area contributed by atoms with Gasteiger partial charge in [0.1, 0.15) is 0 Å². The maximum Gasteiger partial charge on any atom is 0.251 e. The summed E-state index contributed by atoms with van der Waals surface area (Å²) in [6.07, 6.45) is 1.75. The van der Waals surface area contributed by atoms with Crippen LogP contribution in [-0.2, 0) is 0 Å². The first-order chi connectivity index (χ1) is 10.0. The highest BCUT2D eigenvalue weighted by molar-refractivity contribution is 7.12. The van der Waals surface area contributed by atoms with Crippen LogP contribution in [0.2, 0.25) is 0 Å². The molecule has 0 radical (unpaired) electrons. The molecule has 108 valence electrons. The molecule has 2 heterocycles. The quantitative estimate of drug-likeness (QED) is 0.774. The van der Waals surface area contributed by atoms with E-state index in [9.17, 15) is 4.79 Å². The summed E-state index contributed by atoms with van der Waals surface area (Å²) in [5.74, 6) is -0.0674. The summed E-state index contributed by atoms with van der Waals surface area (Å²) < 4.78 is 0. The fourth-order valence-corrected chi connectivity index (χ4v) is 3.54. The van der Waals surface area contributed by atoms with Gasteiger partial charge in [0.2, 0.25) is 0 Å². The number of rotatable bonds is 3. The van der Waals surface area contributed by atoms with Crippen molar-refractivity contribution in [2.75, 3.05) is 0 Å². The van der Waals surface area contributed by atoms with E-state index in [0.717, 1.165) is 10.9 Å². The van der Waals surface area contributed by atoms with Gasteiger partial charge in [-0.25, -0.2) is 0 Å². The summed E-state index contributed by atoms with van der Waals surface area (Å²) in [6, 6.07) is 7.70. The maximum absolute atomic E-state index is 12.4. The zero-order chi connectivity index (χ0) is 15.0. The van der Waals surface area contributed by atoms with Crippen LogP contribution in [0.3, 0.4) is 0 Å². The van der Waals surface area contributed by atoms with Crippen LogP contribution in [0.15, 0.2) is 30.5 Å². The normalized spacial score (nSPS) is 12.5. The van der Waals surface area contributed by atoms with Crippen molar-refractivity contribution in [3.8, 4) is 0 Å². The second-order valence-corrected chi connectivity index (χ2v) is 6.70. The van der Waals surface area contributed by atoms with Crippen LogP contribution in [0.4, 0.5) is 0 Å². The number of carbonyl (C=O) groups excluding carboxylic acids is 1. The molecule has 1 unspecified atom stereocenters. The lowest BCUT2D eigenvalue weighted by atomic mass is 10.1. The molecular weight excluding hydrogens is 282 g/mol. The SMILES string of the molecule is Cc1cc(C(C)NC(=O)c2ccc3cn[nH]c3c2)c(C)s1. The molecule has 0 saturated carbocycles. The van der Waals surface area contributed by atoms with Gasteiger partial charge in [-0.15, -0.1) is 11.3 Å². The van der Waals surface area contributed by atoms with Crippen molar-refractivity contribution < 1.29 is 4.79 Å². The highest BCUT2D eigenvalue weighted by Crippen LogP contribution is 2.26. The number of carbonyl (C=O) groups is 1. The number of H-pyrrole nitrogens is 1. The summed E-state index contributed by atoms with van der Waals surface area (Å²) in [5.41, 5.74) is 2.70. The van der Waals surface area contributed by atoms with Crippen LogP contribution in [0, 0.1) is 13.8 Å². The topological polar surface area (TPSA) is 57.8 Å². The fraction of sp³-hybridized carbons (Fsp3) is 0.250. The minimum absolute atomic E-state index is 0.0000798. The Kier molecular flexibility index (Phi) is 3.51. The van der Waals surface area contributed by atoms with Crippen molar-refractivity contribution in [1.82, 2.24) is 15.5 Å². The smallest absolute Gasteiger partial charge is 0.251 e. The van der Waals surface area contributed by atoms with Gasteiger partial charge in [0.05, 0.1) is 17.8 Å². The van der Waals surface area contributed by atoms with Crippen LogP contribution in [0.25, 0.3) is 10.9 Å². The van der Waals surface area contributed by atoms with Crippen molar-refractivity contribution in [1.29, 1.82) is 0 Å². The molecule has 21 heavy (non-hydrogen) atoms. The predicted molar refractivity (Wildman–Crippen MR) is 85.8 cm³/mol. The van der Waals surface area contributed by atoms with E-state index in [4.69, 9.17) is 0 Å². The van der Waals surface area contributed by atoms with Crippen LogP contribution in [-0.4, -0.2) is 16.1 Å². The van der Waals surface area contributed by atoms with Crippen molar-refractivity contribution in [2.45, 2.75) is 26.8 Å². The molecule has 3 aromatic rings. The first-order valence-electron chi connectivity index (χ1n) is 6.85. The monoisotopic (exact) mass is 299 g/mol. The number of thiophene rings is 1. The number of fused-ring (bicyclic) bond motifs is 1. The number of hydrogen-bond acceptors (Lipinski definition) is 3. The van der Waals surface area contributed by atoms with E-state index in [-0.39, 0.29) is 11.9 Å². The third-order valence-corrected chi connectivity index (χ3v) is 4.58. The van der Waals surface area contributed by atoms with Gasteiger partial charge in [-0.2, -0.15) is 5.10 Å². The molecule has 0 aliphatic rings. The Bertz CT molecular complexity index is 803. The van der Waals surface area contributed by atoms with Gasteiger partial charge < -0.3 is 5.32 Å². The summed E-state index contributed by atoms with van der Waals surface area (Å²) in [7, 11) is 0. The molecule has 1 atom stereocenters. The Hall–Kier alpha value is -2.14. The number of nitrogens with one attached hydrogen (secondary N) is 2. The molecule has 0 fully saturated rings. The Morgan fingerprint density at radius 1 is 1.33 bits per heavy atom. The van der Waals surface area contributed by atoms with Crippen molar-refractivity contribution in [2.24, 2.45) is 0 Å². The van der Waals surface area contributed by atoms with Gasteiger partial charge in [-0.05, 0) is 44.5 Å². The number of amides is 1. The molecule has 1 aromatic carbocycles. The Morgan fingerprint density at radius 2 is 2.14 bits per heavy atom. The fourth-order valence-electron chi connectivity index (χ4n) is 2.52. The Morgan fingerprint density at radius 3 is 2.86 bits per heavy atom. The zero-order valence-electron chi connectivity index (χ0n) is 12.2. The first-order valence-corrected chi connectivity index (χ1v) is 7.67. The van der Waals surface area contributed by atoms with Crippen LogP contribution in [0.1, 0.15) is 38.6 Å². The number of benzene rings is 1. The van der Waals surface area contributed by atoms with Crippen molar-refractivity contribution >= 4 is 28.1 Å². The van der Waals surface area contributed by atoms with E-state index in [2.05, 4.69) is 35.4 Å². The second kappa shape index (κ2) is 5.33. The second-order valence-electron chi connectivity index (χ2n) is 5.24. The first kappa shape index (κ1) is 13.8. The molecule has 3 rings (SSSR count). The minimum Gasteiger partial charge on any atom is -0.345 e. The van der Waals surface area contributed by atoms with Crippen LogP contribution < -0.4 is 5.32 Å². The molecular formula is C16H17N3OS. The average Bonchev–Trinajstić information content (AvgIpc) is 3.03. The van der Waals surface area contributed by atoms with Gasteiger partial charge in [0.25, 0.3) is 5.91 Å². The molecule has 4 nitrogen and oxygen atoms in total. The maximum atomic E-state index is 12.4. The predicted octanol–water partition coefficient (Wildman–Crippen LogP) is 3.73. The molecule has 5 heteroatoms. The largest absolute Gasteiger partial charge is 0.345 e. The average molecular weight is 299 g/mol. The van der Waals surface area contributed by atoms with Gasteiger partial charge in [0, 0.05) is 20.7 Å². The summed E-state index contributed by atoms with van der Waals surface area (Å²) in [5, 5.41) is 10.9. The third-order valence-electron chi connectivity index (χ3n) is 3.60. The highest BCUT2D eigenvalue weighted by atomic mass is 32.1. The molecule has 0 saturated heterocycles. The van der Waals surface area contributed by atoms with Crippen molar-refractivity contribution in [3.63, 3.8) is 0 Å². The van der Waals surface area contributed by atoms with E-state index in [1.807, 2.05) is 25.1 Å². The van der Waals surface area contributed by atoms with Gasteiger partial charge in [-0.1, -0.05) is 6.07 Å². The van der Waals surface area contributed by atoms with Gasteiger partial charge >= 0.3 is 0 Å². The molecule has 0 aliphatic heterocycles. The number of hydrogen-bond donors (Lipinski definition) is 2. The number of aromatic amines is 1. The number of nitrogens with zero attached hydrogens (tertiary/aromatic N) is 1. The Labute approximate surface area is 127 Å². The number of aromatic nitrogens is 2. The molecule has 0 spiro atoms. The van der Waals surface area contributed by atoms with E-state index >= 15 is 0 Å². The Balaban J connectivity index is 1.80. The summed E-state index contributed by atoms with van der Waals surface area (Å²) >= 11 is 1.76. The van der Waals surface area contributed by atoms with Gasteiger partial charge in [-0.3, -0.25) is 9.89 Å². The zero-order valence-corrected chi connectivity index (χ0v) is 13.0. The molecule has 1 amide bonds. The third kappa shape index (κ3) is 2.69. The number of aryl methyl sites for hydroxylation is 2. The van der Waals surface area contributed by atoms with E-state index in [0.29, 0.717) is 5.56 Å². The highest BCUT2D eigenvalue weighted by Gasteiger charge is 2.15. The van der Waals surface area contributed by atoms with E-state index in [1.165, 1.54) is 15.3 Å². The molecule has 0 aliphatic carbocycles. The van der Waals surface area contributed by atoms with Crippen LogP contribution >= 0.6 is 11.3 Å². The van der Waals surface area contributed by atoms with E-state index in [1.54, 1.807) is 17.5 Å². The lowest BCUT2D eigenvalue weighted by Crippen LogP contribution is -2.26. The van der Waals surface area contributed by atoms with Crippen molar-refractivity contribution in [3.05, 3.63) is 51.3 Å². The van der Waals surface area contributed by atoms with Gasteiger partial charge in [0.15, 0.2) is 0 Å². The standard InChI is InChI=1S/C16H17N3OS/c1-9-6-14(11(3)21-9)10(2)18-16(20)12-4-5-13-8-17-19-15(13)7-12/h4-8,10H,1-3H3,(H,17,19)(H,18,20). The summed E-state index contributed by atoms with van der Waals surface area (Å²) in [6.45, 7) is 6.19. The molecule has 2 aromatic heterocycles. The lowest BCUT2D eigenvalue weighted by molar-refractivity contribution is 0.0940. The molecule has 2 N–H and O–H groups in total. The van der Waals surface area contributed by atoms with Crippen LogP contribution in [0.5, 0.6) is 0 Å².